The third-order valence-electron chi connectivity index (χ3n) is 3.93. The Kier molecular flexibility index (Phi) is 7.20. The molecule has 0 aliphatic rings. The second kappa shape index (κ2) is 9.03. The number of hydrogen-bond acceptors (Lipinski definition) is 6. The third-order valence-corrected chi connectivity index (χ3v) is 6.07. The van der Waals surface area contributed by atoms with Gasteiger partial charge in [-0.05, 0) is 57.3 Å². The Morgan fingerprint density at radius 3 is 1.25 bits per heavy atom. The van der Waals surface area contributed by atoms with Crippen molar-refractivity contribution in [3.63, 3.8) is 0 Å². The SMILES string of the molecule is COc1cc(C(=O)O)c(I)c(OC)c1-c1c(OC)cc(C(=O)O)c(I)c1OC. The van der Waals surface area contributed by atoms with Crippen LogP contribution in [0.25, 0.3) is 11.1 Å². The van der Waals surface area contributed by atoms with E-state index < -0.39 is 11.9 Å². The van der Waals surface area contributed by atoms with Crippen LogP contribution in [0.1, 0.15) is 20.7 Å². The molecule has 28 heavy (non-hydrogen) atoms. The van der Waals surface area contributed by atoms with Crippen LogP contribution in [-0.2, 0) is 0 Å². The van der Waals surface area contributed by atoms with Crippen molar-refractivity contribution in [1.29, 1.82) is 0 Å². The highest BCUT2D eigenvalue weighted by Crippen LogP contribution is 2.52. The molecule has 10 heteroatoms. The first-order valence-corrected chi connectivity index (χ1v) is 9.75. The number of rotatable bonds is 7. The molecule has 0 fully saturated rings. The van der Waals surface area contributed by atoms with Crippen molar-refractivity contribution in [1.82, 2.24) is 0 Å². The van der Waals surface area contributed by atoms with E-state index >= 15 is 0 Å². The van der Waals surface area contributed by atoms with E-state index in [1.165, 1.54) is 40.6 Å². The number of carboxylic acids is 2. The Morgan fingerprint density at radius 1 is 0.714 bits per heavy atom. The molecule has 0 unspecified atom stereocenters. The number of carbonyl (C=O) groups is 2. The second-order valence-electron chi connectivity index (χ2n) is 5.31. The maximum Gasteiger partial charge on any atom is 0.337 e. The summed E-state index contributed by atoms with van der Waals surface area (Å²) in [5.74, 6) is -1.36. The number of halogens is 2. The van der Waals surface area contributed by atoms with Crippen LogP contribution in [0, 0.1) is 7.14 Å². The van der Waals surface area contributed by atoms with E-state index in [9.17, 15) is 19.8 Å². The van der Waals surface area contributed by atoms with Crippen molar-refractivity contribution in [3.05, 3.63) is 30.4 Å². The molecule has 2 rings (SSSR count). The molecule has 0 amide bonds. The molecule has 0 aliphatic heterocycles. The quantitative estimate of drug-likeness (QED) is 0.451. The first-order valence-electron chi connectivity index (χ1n) is 7.59. The van der Waals surface area contributed by atoms with Crippen molar-refractivity contribution in [2.75, 3.05) is 28.4 Å². The largest absolute Gasteiger partial charge is 0.496 e. The van der Waals surface area contributed by atoms with Gasteiger partial charge < -0.3 is 29.2 Å². The van der Waals surface area contributed by atoms with Crippen molar-refractivity contribution < 1.29 is 38.7 Å². The lowest BCUT2D eigenvalue weighted by molar-refractivity contribution is 0.0684. The van der Waals surface area contributed by atoms with Gasteiger partial charge in [-0.1, -0.05) is 0 Å². The number of carboxylic acid groups (broad SMARTS) is 2. The maximum atomic E-state index is 11.6. The minimum absolute atomic E-state index is 0.00726. The van der Waals surface area contributed by atoms with Crippen LogP contribution in [0.3, 0.4) is 0 Å². The molecule has 0 radical (unpaired) electrons. The zero-order valence-electron chi connectivity index (χ0n) is 15.3. The number of aromatic carboxylic acids is 2. The first kappa shape index (κ1) is 22.3. The van der Waals surface area contributed by atoms with Gasteiger partial charge >= 0.3 is 11.9 Å². The van der Waals surface area contributed by atoms with Crippen LogP contribution in [0.4, 0.5) is 0 Å². The fourth-order valence-corrected chi connectivity index (χ4v) is 4.46. The van der Waals surface area contributed by atoms with Crippen LogP contribution in [-0.4, -0.2) is 50.6 Å². The van der Waals surface area contributed by atoms with E-state index in [1.54, 1.807) is 0 Å². The average molecular weight is 614 g/mol. The fourth-order valence-electron chi connectivity index (χ4n) is 2.71. The molecule has 0 bridgehead atoms. The van der Waals surface area contributed by atoms with Crippen LogP contribution >= 0.6 is 45.2 Å². The summed E-state index contributed by atoms with van der Waals surface area (Å²) in [6.45, 7) is 0. The maximum absolute atomic E-state index is 11.6. The van der Waals surface area contributed by atoms with E-state index in [-0.39, 0.29) is 34.1 Å². The lowest BCUT2D eigenvalue weighted by Gasteiger charge is -2.22. The molecule has 0 aromatic heterocycles. The Morgan fingerprint density at radius 2 is 1.04 bits per heavy atom. The Bertz CT molecular complexity index is 878. The molecule has 2 N–H and O–H groups in total. The Balaban J connectivity index is 3.07. The smallest absolute Gasteiger partial charge is 0.337 e. The summed E-state index contributed by atoms with van der Waals surface area (Å²) in [7, 11) is 5.60. The highest BCUT2D eigenvalue weighted by molar-refractivity contribution is 14.1. The van der Waals surface area contributed by atoms with Gasteiger partial charge in [-0.2, -0.15) is 0 Å². The summed E-state index contributed by atoms with van der Waals surface area (Å²) < 4.78 is 22.6. The van der Waals surface area contributed by atoms with E-state index in [2.05, 4.69) is 0 Å². The summed E-state index contributed by atoms with van der Waals surface area (Å²) >= 11 is 3.75. The molecule has 8 nitrogen and oxygen atoms in total. The van der Waals surface area contributed by atoms with Gasteiger partial charge in [-0.15, -0.1) is 0 Å². The summed E-state index contributed by atoms with van der Waals surface area (Å²) in [5, 5.41) is 19.0. The molecule has 0 atom stereocenters. The average Bonchev–Trinajstić information content (AvgIpc) is 2.66. The van der Waals surface area contributed by atoms with Gasteiger partial charge in [0.05, 0.1) is 57.8 Å². The molecule has 150 valence electrons. The van der Waals surface area contributed by atoms with Crippen LogP contribution in [0.2, 0.25) is 0 Å². The molecular formula is C18H16I2O8. The van der Waals surface area contributed by atoms with Gasteiger partial charge in [0, 0.05) is 0 Å². The standard InChI is InChI=1S/C18H16I2O8/c1-25-9-5-7(17(21)22)13(19)15(27-3)11(9)12-10(26-2)6-8(18(23)24)14(20)16(12)28-4/h5-6H,1-4H3,(H,21,22)(H,23,24). The summed E-state index contributed by atoms with van der Waals surface area (Å²) in [6.07, 6.45) is 0. The molecule has 0 spiro atoms. The molecule has 0 aliphatic carbocycles. The van der Waals surface area contributed by atoms with E-state index in [0.717, 1.165) is 0 Å². The van der Waals surface area contributed by atoms with E-state index in [4.69, 9.17) is 18.9 Å². The number of methoxy groups -OCH3 is 4. The number of hydrogen-bond donors (Lipinski definition) is 2. The van der Waals surface area contributed by atoms with E-state index in [1.807, 2.05) is 45.2 Å². The first-order chi connectivity index (χ1) is 13.2. The van der Waals surface area contributed by atoms with Crippen LogP contribution in [0.5, 0.6) is 23.0 Å². The van der Waals surface area contributed by atoms with Crippen LogP contribution in [0.15, 0.2) is 12.1 Å². The highest BCUT2D eigenvalue weighted by Gasteiger charge is 2.30. The van der Waals surface area contributed by atoms with Crippen molar-refractivity contribution in [2.45, 2.75) is 0 Å². The summed E-state index contributed by atoms with van der Waals surface area (Å²) in [4.78, 5) is 23.2. The molecule has 2 aromatic carbocycles. The number of benzene rings is 2. The minimum atomic E-state index is -1.14. The molecule has 0 saturated heterocycles. The van der Waals surface area contributed by atoms with Gasteiger partial charge in [-0.3, -0.25) is 0 Å². The fraction of sp³-hybridized carbons (Fsp3) is 0.222. The molecular weight excluding hydrogens is 598 g/mol. The van der Waals surface area contributed by atoms with Crippen LogP contribution < -0.4 is 18.9 Å². The van der Waals surface area contributed by atoms with Crippen molar-refractivity contribution >= 4 is 57.1 Å². The molecule has 0 heterocycles. The molecule has 0 saturated carbocycles. The topological polar surface area (TPSA) is 112 Å². The Labute approximate surface area is 188 Å². The predicted octanol–water partition coefficient (Wildman–Crippen LogP) is 3.99. The van der Waals surface area contributed by atoms with Crippen molar-refractivity contribution in [3.8, 4) is 34.1 Å². The van der Waals surface area contributed by atoms with Gasteiger partial charge in [0.1, 0.15) is 23.0 Å². The Hall–Kier alpha value is -1.96. The van der Waals surface area contributed by atoms with Gasteiger partial charge in [0.25, 0.3) is 0 Å². The van der Waals surface area contributed by atoms with Crippen molar-refractivity contribution in [2.24, 2.45) is 0 Å². The van der Waals surface area contributed by atoms with Gasteiger partial charge in [0.2, 0.25) is 0 Å². The van der Waals surface area contributed by atoms with Gasteiger partial charge in [0.15, 0.2) is 0 Å². The minimum Gasteiger partial charge on any atom is -0.496 e. The van der Waals surface area contributed by atoms with E-state index in [0.29, 0.717) is 18.3 Å². The monoisotopic (exact) mass is 614 g/mol. The zero-order chi connectivity index (χ0) is 21.2. The lowest BCUT2D eigenvalue weighted by Crippen LogP contribution is -2.08. The third kappa shape index (κ3) is 3.79. The van der Waals surface area contributed by atoms with Gasteiger partial charge in [-0.25, -0.2) is 9.59 Å². The highest BCUT2D eigenvalue weighted by atomic mass is 127. The predicted molar refractivity (Wildman–Crippen MR) is 117 cm³/mol. The normalized spacial score (nSPS) is 10.4. The number of ether oxygens (including phenoxy) is 4. The summed E-state index contributed by atoms with van der Waals surface area (Å²) in [5.41, 5.74) is 0.798. The second-order valence-corrected chi connectivity index (χ2v) is 7.47. The lowest BCUT2D eigenvalue weighted by atomic mass is 9.97. The summed E-state index contributed by atoms with van der Waals surface area (Å²) in [6, 6.07) is 2.75. The zero-order valence-corrected chi connectivity index (χ0v) is 19.6. The molecule has 2 aromatic rings.